The van der Waals surface area contributed by atoms with Gasteiger partial charge >= 0.3 is 0 Å². The predicted octanol–water partition coefficient (Wildman–Crippen LogP) is 2.59. The summed E-state index contributed by atoms with van der Waals surface area (Å²) in [4.78, 5) is 0. The van der Waals surface area contributed by atoms with E-state index in [9.17, 15) is 0 Å². The minimum absolute atomic E-state index is 0.163. The molecule has 0 saturated heterocycles. The predicted molar refractivity (Wildman–Crippen MR) is 66.7 cm³/mol. The van der Waals surface area contributed by atoms with Gasteiger partial charge < -0.3 is 9.73 Å². The van der Waals surface area contributed by atoms with E-state index in [0.717, 1.165) is 25.1 Å². The van der Waals surface area contributed by atoms with E-state index in [2.05, 4.69) is 30.3 Å². The van der Waals surface area contributed by atoms with E-state index in [0.29, 0.717) is 0 Å². The van der Waals surface area contributed by atoms with Gasteiger partial charge in [0.05, 0.1) is 24.3 Å². The third kappa shape index (κ3) is 2.58. The Kier molecular flexibility index (Phi) is 3.98. The maximum absolute atomic E-state index is 5.18. The van der Waals surface area contributed by atoms with Crippen LogP contribution in [0.25, 0.3) is 0 Å². The zero-order chi connectivity index (χ0) is 12.1. The molecule has 4 heteroatoms. The van der Waals surface area contributed by atoms with E-state index in [-0.39, 0.29) is 6.04 Å². The van der Waals surface area contributed by atoms with Gasteiger partial charge in [-0.15, -0.1) is 0 Å². The fourth-order valence-electron chi connectivity index (χ4n) is 1.97. The monoisotopic (exact) mass is 233 g/mol. The van der Waals surface area contributed by atoms with Crippen LogP contribution in [0.15, 0.2) is 35.3 Å². The molecule has 0 aromatic carbocycles. The molecule has 1 N–H and O–H groups in total. The maximum atomic E-state index is 5.18. The zero-order valence-corrected chi connectivity index (χ0v) is 10.4. The third-order valence-corrected chi connectivity index (χ3v) is 2.82. The second-order valence-corrected chi connectivity index (χ2v) is 4.02. The Labute approximate surface area is 102 Å². The van der Waals surface area contributed by atoms with Crippen molar-refractivity contribution in [1.82, 2.24) is 15.1 Å². The first-order chi connectivity index (χ1) is 8.36. The van der Waals surface area contributed by atoms with Crippen molar-refractivity contribution in [2.45, 2.75) is 32.9 Å². The highest BCUT2D eigenvalue weighted by Gasteiger charge is 2.17. The molecule has 0 saturated carbocycles. The van der Waals surface area contributed by atoms with Crippen LogP contribution in [0.5, 0.6) is 0 Å². The Balaban J connectivity index is 2.27. The molecule has 92 valence electrons. The number of hydrogen-bond donors (Lipinski definition) is 1. The lowest BCUT2D eigenvalue weighted by Gasteiger charge is -2.18. The number of aryl methyl sites for hydroxylation is 1. The molecule has 4 nitrogen and oxygen atoms in total. The van der Waals surface area contributed by atoms with E-state index < -0.39 is 0 Å². The Morgan fingerprint density at radius 2 is 2.29 bits per heavy atom. The van der Waals surface area contributed by atoms with Crippen molar-refractivity contribution >= 4 is 0 Å². The van der Waals surface area contributed by atoms with Crippen LogP contribution >= 0.6 is 0 Å². The molecular weight excluding hydrogens is 214 g/mol. The lowest BCUT2D eigenvalue weighted by atomic mass is 10.1. The summed E-state index contributed by atoms with van der Waals surface area (Å²) < 4.78 is 7.19. The van der Waals surface area contributed by atoms with E-state index in [1.165, 1.54) is 5.69 Å². The fraction of sp³-hybridized carbons (Fsp3) is 0.462. The summed E-state index contributed by atoms with van der Waals surface area (Å²) in [6.45, 7) is 6.12. The fourth-order valence-corrected chi connectivity index (χ4v) is 1.97. The van der Waals surface area contributed by atoms with Crippen molar-refractivity contribution in [2.24, 2.45) is 0 Å². The molecule has 2 rings (SSSR count). The Bertz CT molecular complexity index is 433. The molecule has 0 amide bonds. The average molecular weight is 233 g/mol. The lowest BCUT2D eigenvalue weighted by Crippen LogP contribution is -2.25. The van der Waals surface area contributed by atoms with Gasteiger partial charge in [-0.3, -0.25) is 4.68 Å². The number of furan rings is 1. The van der Waals surface area contributed by atoms with Crippen molar-refractivity contribution in [3.8, 4) is 0 Å². The highest BCUT2D eigenvalue weighted by atomic mass is 16.3. The topological polar surface area (TPSA) is 43.0 Å². The van der Waals surface area contributed by atoms with Crippen LogP contribution in [0.3, 0.4) is 0 Å². The molecular formula is C13H19N3O. The second kappa shape index (κ2) is 5.68. The Morgan fingerprint density at radius 3 is 2.94 bits per heavy atom. The van der Waals surface area contributed by atoms with Gasteiger partial charge in [-0.1, -0.05) is 6.92 Å². The van der Waals surface area contributed by atoms with Gasteiger partial charge in [0.1, 0.15) is 0 Å². The molecule has 17 heavy (non-hydrogen) atoms. The summed E-state index contributed by atoms with van der Waals surface area (Å²) in [6, 6.07) is 4.22. The van der Waals surface area contributed by atoms with Crippen molar-refractivity contribution in [3.05, 3.63) is 42.1 Å². The number of hydrogen-bond acceptors (Lipinski definition) is 3. The average Bonchev–Trinajstić information content (AvgIpc) is 3.00. The summed E-state index contributed by atoms with van der Waals surface area (Å²) >= 11 is 0. The van der Waals surface area contributed by atoms with E-state index >= 15 is 0 Å². The van der Waals surface area contributed by atoms with Crippen LogP contribution in [0.4, 0.5) is 0 Å². The van der Waals surface area contributed by atoms with Crippen LogP contribution < -0.4 is 5.32 Å². The van der Waals surface area contributed by atoms with Crippen molar-refractivity contribution in [3.63, 3.8) is 0 Å². The molecule has 0 fully saturated rings. The smallest absolute Gasteiger partial charge is 0.0954 e. The Morgan fingerprint density at radius 1 is 1.41 bits per heavy atom. The van der Waals surface area contributed by atoms with E-state index in [1.54, 1.807) is 12.5 Å². The van der Waals surface area contributed by atoms with Gasteiger partial charge in [-0.25, -0.2) is 0 Å². The highest BCUT2D eigenvalue weighted by Crippen LogP contribution is 2.22. The molecule has 2 aromatic heterocycles. The van der Waals surface area contributed by atoms with Crippen LogP contribution in [-0.2, 0) is 6.54 Å². The van der Waals surface area contributed by atoms with Crippen molar-refractivity contribution < 1.29 is 4.42 Å². The minimum Gasteiger partial charge on any atom is -0.472 e. The second-order valence-electron chi connectivity index (χ2n) is 4.02. The largest absolute Gasteiger partial charge is 0.472 e. The summed E-state index contributed by atoms with van der Waals surface area (Å²) in [7, 11) is 0. The quantitative estimate of drug-likeness (QED) is 0.834. The summed E-state index contributed by atoms with van der Waals surface area (Å²) in [5, 5.41) is 7.85. The SMILES string of the molecule is CCCNC(c1ccoc1)c1ccnn1CC. The summed E-state index contributed by atoms with van der Waals surface area (Å²) in [5.74, 6) is 0. The number of nitrogens with zero attached hydrogens (tertiary/aromatic N) is 2. The number of aromatic nitrogens is 2. The van der Waals surface area contributed by atoms with Crippen LogP contribution in [0, 0.1) is 0 Å². The molecule has 0 aliphatic rings. The lowest BCUT2D eigenvalue weighted by molar-refractivity contribution is 0.517. The normalized spacial score (nSPS) is 12.8. The molecule has 0 spiro atoms. The van der Waals surface area contributed by atoms with Gasteiger partial charge in [0.2, 0.25) is 0 Å². The zero-order valence-electron chi connectivity index (χ0n) is 10.4. The molecule has 0 radical (unpaired) electrons. The van der Waals surface area contributed by atoms with E-state index in [1.807, 2.05) is 16.9 Å². The minimum atomic E-state index is 0.163. The van der Waals surface area contributed by atoms with Crippen molar-refractivity contribution in [2.75, 3.05) is 6.54 Å². The molecule has 1 unspecified atom stereocenters. The molecule has 2 aromatic rings. The standard InChI is InChI=1S/C13H19N3O/c1-3-7-14-13(11-6-9-17-10-11)12-5-8-15-16(12)4-2/h5-6,8-10,13-14H,3-4,7H2,1-2H3. The molecule has 0 bridgehead atoms. The first kappa shape index (κ1) is 11.9. The Hall–Kier alpha value is -1.55. The number of nitrogens with one attached hydrogen (secondary N) is 1. The molecule has 0 aliphatic carbocycles. The molecule has 2 heterocycles. The van der Waals surface area contributed by atoms with Gasteiger partial charge in [-0.2, -0.15) is 5.10 Å². The first-order valence-corrected chi connectivity index (χ1v) is 6.14. The summed E-state index contributed by atoms with van der Waals surface area (Å²) in [6.07, 6.45) is 6.46. The number of rotatable bonds is 6. The van der Waals surface area contributed by atoms with E-state index in [4.69, 9.17) is 4.42 Å². The van der Waals surface area contributed by atoms with Gasteiger partial charge in [0, 0.05) is 18.3 Å². The van der Waals surface area contributed by atoms with Gasteiger partial charge in [0.15, 0.2) is 0 Å². The summed E-state index contributed by atoms with van der Waals surface area (Å²) in [5.41, 5.74) is 2.33. The van der Waals surface area contributed by atoms with Gasteiger partial charge in [0.25, 0.3) is 0 Å². The third-order valence-electron chi connectivity index (χ3n) is 2.82. The highest BCUT2D eigenvalue weighted by molar-refractivity contribution is 5.24. The van der Waals surface area contributed by atoms with Crippen LogP contribution in [0.2, 0.25) is 0 Å². The van der Waals surface area contributed by atoms with Gasteiger partial charge in [-0.05, 0) is 32.0 Å². The van der Waals surface area contributed by atoms with Crippen LogP contribution in [-0.4, -0.2) is 16.3 Å². The molecule has 0 aliphatic heterocycles. The van der Waals surface area contributed by atoms with Crippen LogP contribution in [0.1, 0.15) is 37.6 Å². The first-order valence-electron chi connectivity index (χ1n) is 6.14. The molecule has 1 atom stereocenters. The maximum Gasteiger partial charge on any atom is 0.0954 e. The van der Waals surface area contributed by atoms with Crippen molar-refractivity contribution in [1.29, 1.82) is 0 Å².